The van der Waals surface area contributed by atoms with E-state index >= 15 is 0 Å². The van der Waals surface area contributed by atoms with Crippen LogP contribution in [0.25, 0.3) is 11.7 Å². The molecule has 2 aliphatic rings. The van der Waals surface area contributed by atoms with Gasteiger partial charge in [0.25, 0.3) is 5.91 Å². The second-order valence-electron chi connectivity index (χ2n) is 8.04. The summed E-state index contributed by atoms with van der Waals surface area (Å²) in [7, 11) is 0. The molecule has 0 aromatic carbocycles. The van der Waals surface area contributed by atoms with Crippen LogP contribution in [0.3, 0.4) is 0 Å². The lowest BCUT2D eigenvalue weighted by Gasteiger charge is -2.33. The summed E-state index contributed by atoms with van der Waals surface area (Å²) in [6.07, 6.45) is 3.03. The van der Waals surface area contributed by atoms with E-state index in [0.29, 0.717) is 31.6 Å². The predicted molar refractivity (Wildman–Crippen MR) is 108 cm³/mol. The molecule has 0 aliphatic carbocycles. The van der Waals surface area contributed by atoms with E-state index in [2.05, 4.69) is 10.3 Å². The number of ether oxygens (including phenoxy) is 1. The van der Waals surface area contributed by atoms with Gasteiger partial charge in [0.05, 0.1) is 10.7 Å². The van der Waals surface area contributed by atoms with Gasteiger partial charge in [-0.3, -0.25) is 9.20 Å². The van der Waals surface area contributed by atoms with Gasteiger partial charge in [0, 0.05) is 19.1 Å². The molecule has 0 unspecified atom stereocenters. The van der Waals surface area contributed by atoms with E-state index in [4.69, 9.17) is 4.74 Å². The Morgan fingerprint density at radius 1 is 1.25 bits per heavy atom. The first kappa shape index (κ1) is 18.9. The molecule has 2 aliphatic heterocycles. The zero-order chi connectivity index (χ0) is 19.9. The third-order valence-corrected chi connectivity index (χ3v) is 5.59. The summed E-state index contributed by atoms with van der Waals surface area (Å²) in [6.45, 7) is 6.71. The molecule has 0 radical (unpaired) electrons. The van der Waals surface area contributed by atoms with Crippen molar-refractivity contribution < 1.29 is 14.3 Å². The van der Waals surface area contributed by atoms with Crippen molar-refractivity contribution in [2.45, 2.75) is 50.3 Å². The molecule has 2 aromatic heterocycles. The minimum atomic E-state index is -0.503. The van der Waals surface area contributed by atoms with Crippen molar-refractivity contribution >= 4 is 35.5 Å². The van der Waals surface area contributed by atoms with Gasteiger partial charge >= 0.3 is 6.09 Å². The minimum absolute atomic E-state index is 0.0182. The first-order valence-corrected chi connectivity index (χ1v) is 10.3. The van der Waals surface area contributed by atoms with Gasteiger partial charge in [-0.05, 0) is 57.2 Å². The van der Waals surface area contributed by atoms with Gasteiger partial charge in [0.15, 0.2) is 5.69 Å². The van der Waals surface area contributed by atoms with Gasteiger partial charge in [0.2, 0.25) is 0 Å². The molecule has 0 saturated carbocycles. The summed E-state index contributed by atoms with van der Waals surface area (Å²) in [6, 6.07) is 5.88. The summed E-state index contributed by atoms with van der Waals surface area (Å²) in [5, 5.41) is 6.11. The quantitative estimate of drug-likeness (QED) is 0.834. The number of pyridine rings is 1. The molecule has 4 heterocycles. The zero-order valence-corrected chi connectivity index (χ0v) is 17.1. The maximum absolute atomic E-state index is 12.9. The Kier molecular flexibility index (Phi) is 4.82. The lowest BCUT2D eigenvalue weighted by Crippen LogP contribution is -2.47. The van der Waals surface area contributed by atoms with Crippen LogP contribution in [0.2, 0.25) is 0 Å². The standard InChI is InChI=1S/C20H24N4O3S/c1-20(2,3)27-19(26)23-10-7-13(8-11-23)21-18(25)17-14-9-12-28-16-6-4-5-15(22-17)24(14)16/h4-6,9,12-13H,7-8,10-11H2,1-3H3,(H,21,25). The van der Waals surface area contributed by atoms with Crippen molar-refractivity contribution in [2.75, 3.05) is 13.1 Å². The molecule has 0 spiro atoms. The molecule has 28 heavy (non-hydrogen) atoms. The number of aromatic nitrogens is 2. The third-order valence-electron chi connectivity index (χ3n) is 4.76. The Bertz CT molecular complexity index is 952. The van der Waals surface area contributed by atoms with Crippen LogP contribution in [0.15, 0.2) is 28.6 Å². The highest BCUT2D eigenvalue weighted by atomic mass is 32.2. The molecule has 4 rings (SSSR count). The molecule has 148 valence electrons. The van der Waals surface area contributed by atoms with Crippen LogP contribution < -0.4 is 5.32 Å². The SMILES string of the molecule is CC(C)(C)OC(=O)N1CCC(NC(=O)c2nc3cccc4n3c2C=CS4)CC1. The number of rotatable bonds is 2. The van der Waals surface area contributed by atoms with Crippen molar-refractivity contribution in [3.63, 3.8) is 0 Å². The van der Waals surface area contributed by atoms with Crippen LogP contribution >= 0.6 is 11.8 Å². The number of imidazole rings is 1. The number of piperidine rings is 1. The van der Waals surface area contributed by atoms with Crippen LogP contribution in [0, 0.1) is 0 Å². The molecular weight excluding hydrogens is 376 g/mol. The Hall–Kier alpha value is -2.48. The van der Waals surface area contributed by atoms with E-state index in [9.17, 15) is 9.59 Å². The van der Waals surface area contributed by atoms with Crippen molar-refractivity contribution in [1.82, 2.24) is 19.6 Å². The van der Waals surface area contributed by atoms with E-state index in [-0.39, 0.29) is 18.0 Å². The fourth-order valence-electron chi connectivity index (χ4n) is 3.45. The molecule has 0 atom stereocenters. The van der Waals surface area contributed by atoms with Crippen molar-refractivity contribution in [1.29, 1.82) is 0 Å². The summed E-state index contributed by atoms with van der Waals surface area (Å²) >= 11 is 1.61. The fourth-order valence-corrected chi connectivity index (χ4v) is 4.24. The number of likely N-dealkylation sites (tertiary alicyclic amines) is 1. The summed E-state index contributed by atoms with van der Waals surface area (Å²) in [5.74, 6) is -0.170. The Balaban J connectivity index is 1.41. The topological polar surface area (TPSA) is 75.9 Å². The van der Waals surface area contributed by atoms with E-state index in [1.165, 1.54) is 0 Å². The number of hydrogen-bond donors (Lipinski definition) is 1. The van der Waals surface area contributed by atoms with Crippen LogP contribution in [0.4, 0.5) is 4.79 Å². The monoisotopic (exact) mass is 400 g/mol. The van der Waals surface area contributed by atoms with E-state index in [1.54, 1.807) is 16.7 Å². The van der Waals surface area contributed by atoms with Gasteiger partial charge in [-0.15, -0.1) is 0 Å². The molecule has 1 N–H and O–H groups in total. The second kappa shape index (κ2) is 7.16. The first-order valence-electron chi connectivity index (χ1n) is 9.45. The van der Waals surface area contributed by atoms with Gasteiger partial charge in [-0.25, -0.2) is 9.78 Å². The Morgan fingerprint density at radius 3 is 2.71 bits per heavy atom. The highest BCUT2D eigenvalue weighted by Gasteiger charge is 2.29. The number of carbonyl (C=O) groups is 2. The van der Waals surface area contributed by atoms with Gasteiger partial charge in [0.1, 0.15) is 11.2 Å². The molecule has 7 nitrogen and oxygen atoms in total. The maximum atomic E-state index is 12.9. The summed E-state index contributed by atoms with van der Waals surface area (Å²) in [4.78, 5) is 31.3. The molecule has 2 aromatic rings. The molecule has 1 saturated heterocycles. The van der Waals surface area contributed by atoms with Crippen LogP contribution in [0.5, 0.6) is 0 Å². The molecule has 1 fully saturated rings. The van der Waals surface area contributed by atoms with Gasteiger partial charge < -0.3 is 15.0 Å². The summed E-state index contributed by atoms with van der Waals surface area (Å²) in [5.41, 5.74) is 1.53. The highest BCUT2D eigenvalue weighted by molar-refractivity contribution is 8.02. The average Bonchev–Trinajstić information content (AvgIpc) is 3.02. The van der Waals surface area contributed by atoms with Crippen molar-refractivity contribution in [3.05, 3.63) is 35.0 Å². The molecular formula is C20H24N4O3S. The minimum Gasteiger partial charge on any atom is -0.444 e. The van der Waals surface area contributed by atoms with Crippen LogP contribution in [-0.2, 0) is 4.74 Å². The Labute approximate surface area is 168 Å². The molecule has 0 bridgehead atoms. The number of amides is 2. The second-order valence-corrected chi connectivity index (χ2v) is 8.97. The fraction of sp³-hybridized carbons (Fsp3) is 0.450. The van der Waals surface area contributed by atoms with Crippen LogP contribution in [0.1, 0.15) is 49.8 Å². The molecule has 8 heteroatoms. The Morgan fingerprint density at radius 2 is 2.00 bits per heavy atom. The van der Waals surface area contributed by atoms with Crippen LogP contribution in [-0.4, -0.2) is 51.0 Å². The lowest BCUT2D eigenvalue weighted by molar-refractivity contribution is 0.0199. The van der Waals surface area contributed by atoms with E-state index in [0.717, 1.165) is 16.4 Å². The third kappa shape index (κ3) is 3.73. The predicted octanol–water partition coefficient (Wildman–Crippen LogP) is 3.54. The van der Waals surface area contributed by atoms with E-state index < -0.39 is 5.60 Å². The maximum Gasteiger partial charge on any atom is 0.410 e. The van der Waals surface area contributed by atoms with Crippen molar-refractivity contribution in [2.24, 2.45) is 0 Å². The lowest BCUT2D eigenvalue weighted by atomic mass is 10.1. The number of thioether (sulfide) groups is 1. The number of nitrogens with zero attached hydrogens (tertiary/aromatic N) is 3. The van der Waals surface area contributed by atoms with Gasteiger partial charge in [-0.2, -0.15) is 0 Å². The van der Waals surface area contributed by atoms with Gasteiger partial charge in [-0.1, -0.05) is 17.8 Å². The average molecular weight is 401 g/mol. The summed E-state index contributed by atoms with van der Waals surface area (Å²) < 4.78 is 7.43. The molecule has 2 amide bonds. The van der Waals surface area contributed by atoms with Crippen molar-refractivity contribution in [3.8, 4) is 0 Å². The zero-order valence-electron chi connectivity index (χ0n) is 16.3. The van der Waals surface area contributed by atoms with E-state index in [1.807, 2.05) is 54.9 Å². The number of carbonyl (C=O) groups excluding carboxylic acids is 2. The largest absolute Gasteiger partial charge is 0.444 e. The number of nitrogens with one attached hydrogen (secondary N) is 1. The normalized spacial score (nSPS) is 17.0. The smallest absolute Gasteiger partial charge is 0.410 e. The highest BCUT2D eigenvalue weighted by Crippen LogP contribution is 2.30. The number of hydrogen-bond acceptors (Lipinski definition) is 5. The first-order chi connectivity index (χ1) is 13.3.